The van der Waals surface area contributed by atoms with E-state index in [2.05, 4.69) is 20.2 Å². The second-order valence-corrected chi connectivity index (χ2v) is 7.51. The minimum atomic E-state index is 0.292. The van der Waals surface area contributed by atoms with E-state index in [1.54, 1.807) is 7.11 Å². The van der Waals surface area contributed by atoms with Gasteiger partial charge in [-0.3, -0.25) is 0 Å². The number of nitrogens with two attached hydrogens (primary N) is 1. The zero-order chi connectivity index (χ0) is 16.0. The predicted octanol–water partition coefficient (Wildman–Crippen LogP) is 1.58. The summed E-state index contributed by atoms with van der Waals surface area (Å²) in [6, 6.07) is 0.522. The molecule has 1 aliphatic carbocycles. The van der Waals surface area contributed by atoms with Crippen molar-refractivity contribution in [1.82, 2.24) is 15.3 Å². The first-order chi connectivity index (χ1) is 11.2. The largest absolute Gasteiger partial charge is 0.381 e. The number of aromatic nitrogens is 2. The number of ether oxygens (including phenoxy) is 1. The monoisotopic (exact) mass is 333 g/mol. The predicted molar refractivity (Wildman–Crippen MR) is 94.3 cm³/mol. The van der Waals surface area contributed by atoms with Gasteiger partial charge in [-0.15, -0.1) is 11.3 Å². The molecule has 0 radical (unpaired) electrons. The molecule has 2 atom stereocenters. The van der Waals surface area contributed by atoms with E-state index in [1.807, 2.05) is 18.4 Å². The van der Waals surface area contributed by atoms with Crippen LogP contribution in [0, 0.1) is 0 Å². The van der Waals surface area contributed by atoms with E-state index >= 15 is 0 Å². The maximum atomic E-state index is 6.03. The molecular formula is C16H23N5OS. The van der Waals surface area contributed by atoms with Crippen LogP contribution in [0.15, 0.2) is 0 Å². The summed E-state index contributed by atoms with van der Waals surface area (Å²) in [5, 5.41) is 3.36. The third-order valence-electron chi connectivity index (χ3n) is 5.07. The number of hydrogen-bond acceptors (Lipinski definition) is 7. The SMILES string of the molecule is CN[C@@H]1CCN(c2nc(N)nc3c4c(sc23)CCC(OC)C4)C1. The molecule has 1 unspecified atom stereocenters. The molecule has 0 spiro atoms. The van der Waals surface area contributed by atoms with Crippen molar-refractivity contribution in [2.45, 2.75) is 37.8 Å². The van der Waals surface area contributed by atoms with E-state index in [4.69, 9.17) is 10.5 Å². The number of nitrogens with one attached hydrogen (secondary N) is 1. The number of aryl methyl sites for hydroxylation is 1. The Morgan fingerprint density at radius 3 is 2.96 bits per heavy atom. The molecule has 0 amide bonds. The van der Waals surface area contributed by atoms with Crippen molar-refractivity contribution in [3.8, 4) is 0 Å². The third-order valence-corrected chi connectivity index (χ3v) is 6.34. The van der Waals surface area contributed by atoms with Crippen LogP contribution in [0.4, 0.5) is 11.8 Å². The standard InChI is InChI=1S/C16H23N5OS/c1-18-9-5-6-21(8-9)15-14-13(19-16(17)20-15)11-7-10(22-2)3-4-12(11)23-14/h9-10,18H,3-8H2,1-2H3,(H2,17,19,20)/t9-,10?/m1/s1. The summed E-state index contributed by atoms with van der Waals surface area (Å²) >= 11 is 1.85. The number of methoxy groups -OCH3 is 1. The molecule has 6 nitrogen and oxygen atoms in total. The number of fused-ring (bicyclic) bond motifs is 3. The minimum absolute atomic E-state index is 0.292. The molecule has 23 heavy (non-hydrogen) atoms. The fourth-order valence-electron chi connectivity index (χ4n) is 3.71. The van der Waals surface area contributed by atoms with E-state index in [0.717, 1.165) is 50.1 Å². The van der Waals surface area contributed by atoms with Crippen LogP contribution in [0.1, 0.15) is 23.3 Å². The quantitative estimate of drug-likeness (QED) is 0.888. The third kappa shape index (κ3) is 2.56. The highest BCUT2D eigenvalue weighted by Crippen LogP contribution is 2.40. The molecule has 0 bridgehead atoms. The molecule has 2 aromatic rings. The lowest BCUT2D eigenvalue weighted by Gasteiger charge is -2.20. The molecule has 1 saturated heterocycles. The van der Waals surface area contributed by atoms with Crippen molar-refractivity contribution < 1.29 is 4.74 Å². The van der Waals surface area contributed by atoms with Crippen molar-refractivity contribution >= 4 is 33.3 Å². The topological polar surface area (TPSA) is 76.3 Å². The average molecular weight is 333 g/mol. The van der Waals surface area contributed by atoms with Gasteiger partial charge in [0.25, 0.3) is 0 Å². The lowest BCUT2D eigenvalue weighted by atomic mass is 9.95. The summed E-state index contributed by atoms with van der Waals surface area (Å²) in [4.78, 5) is 12.9. The number of likely N-dealkylation sites (N-methyl/N-ethyl adjacent to an activating group) is 1. The van der Waals surface area contributed by atoms with Crippen LogP contribution >= 0.6 is 11.3 Å². The van der Waals surface area contributed by atoms with Gasteiger partial charge >= 0.3 is 0 Å². The number of rotatable bonds is 3. The maximum Gasteiger partial charge on any atom is 0.222 e. The molecule has 1 fully saturated rings. The van der Waals surface area contributed by atoms with Gasteiger partial charge in [-0.25, -0.2) is 4.98 Å². The van der Waals surface area contributed by atoms with Gasteiger partial charge in [-0.2, -0.15) is 4.98 Å². The molecule has 3 N–H and O–H groups in total. The molecule has 2 aromatic heterocycles. The van der Waals surface area contributed by atoms with Crippen molar-refractivity contribution in [1.29, 1.82) is 0 Å². The van der Waals surface area contributed by atoms with Gasteiger partial charge in [-0.1, -0.05) is 0 Å². The van der Waals surface area contributed by atoms with E-state index in [-0.39, 0.29) is 0 Å². The van der Waals surface area contributed by atoms with Gasteiger partial charge < -0.3 is 20.7 Å². The fraction of sp³-hybridized carbons (Fsp3) is 0.625. The Labute approximate surface area is 140 Å². The second-order valence-electron chi connectivity index (χ2n) is 6.41. The van der Waals surface area contributed by atoms with Gasteiger partial charge in [0.2, 0.25) is 5.95 Å². The van der Waals surface area contributed by atoms with Gasteiger partial charge in [0.15, 0.2) is 5.82 Å². The minimum Gasteiger partial charge on any atom is -0.381 e. The van der Waals surface area contributed by atoms with Crippen molar-refractivity contribution in [2.75, 3.05) is 37.9 Å². The van der Waals surface area contributed by atoms with Crippen LogP contribution in [-0.2, 0) is 17.6 Å². The summed E-state index contributed by atoms with van der Waals surface area (Å²) in [7, 11) is 3.81. The van der Waals surface area contributed by atoms with Gasteiger partial charge in [-0.05, 0) is 31.9 Å². The summed E-state index contributed by atoms with van der Waals surface area (Å²) in [5.74, 6) is 1.39. The Balaban J connectivity index is 1.79. The normalized spacial score (nSPS) is 24.3. The van der Waals surface area contributed by atoms with Gasteiger partial charge in [0.1, 0.15) is 0 Å². The van der Waals surface area contributed by atoms with Crippen LogP contribution in [0.25, 0.3) is 10.2 Å². The lowest BCUT2D eigenvalue weighted by Crippen LogP contribution is -2.30. The number of thiophene rings is 1. The highest BCUT2D eigenvalue weighted by molar-refractivity contribution is 7.19. The first kappa shape index (κ1) is 15.1. The molecule has 4 rings (SSSR count). The zero-order valence-corrected chi connectivity index (χ0v) is 14.4. The molecular weight excluding hydrogens is 310 g/mol. The average Bonchev–Trinajstić information content (AvgIpc) is 3.18. The first-order valence-corrected chi connectivity index (χ1v) is 9.04. The highest BCUT2D eigenvalue weighted by atomic mass is 32.1. The van der Waals surface area contributed by atoms with Crippen LogP contribution in [-0.4, -0.2) is 49.4 Å². The molecule has 0 saturated carbocycles. The number of anilines is 2. The maximum absolute atomic E-state index is 6.03. The lowest BCUT2D eigenvalue weighted by molar-refractivity contribution is 0.0919. The molecule has 1 aliphatic heterocycles. The van der Waals surface area contributed by atoms with Crippen molar-refractivity contribution in [2.24, 2.45) is 0 Å². The van der Waals surface area contributed by atoms with Gasteiger partial charge in [0, 0.05) is 37.5 Å². The van der Waals surface area contributed by atoms with Gasteiger partial charge in [0.05, 0.1) is 16.3 Å². The van der Waals surface area contributed by atoms with Crippen LogP contribution in [0.5, 0.6) is 0 Å². The van der Waals surface area contributed by atoms with E-state index in [1.165, 1.54) is 15.1 Å². The van der Waals surface area contributed by atoms with Crippen LogP contribution in [0.3, 0.4) is 0 Å². The number of nitrogens with zero attached hydrogens (tertiary/aromatic N) is 3. The van der Waals surface area contributed by atoms with Crippen molar-refractivity contribution in [3.63, 3.8) is 0 Å². The Morgan fingerprint density at radius 2 is 2.22 bits per heavy atom. The Morgan fingerprint density at radius 1 is 1.35 bits per heavy atom. The molecule has 7 heteroatoms. The Bertz CT molecular complexity index is 731. The van der Waals surface area contributed by atoms with Crippen LogP contribution < -0.4 is 16.0 Å². The molecule has 0 aromatic carbocycles. The molecule has 3 heterocycles. The molecule has 2 aliphatic rings. The molecule has 124 valence electrons. The summed E-state index contributed by atoms with van der Waals surface area (Å²) in [6.07, 6.45) is 4.51. The summed E-state index contributed by atoms with van der Waals surface area (Å²) < 4.78 is 6.76. The second kappa shape index (κ2) is 5.89. The smallest absolute Gasteiger partial charge is 0.222 e. The highest BCUT2D eigenvalue weighted by Gasteiger charge is 2.29. The zero-order valence-electron chi connectivity index (χ0n) is 13.6. The van der Waals surface area contributed by atoms with Crippen molar-refractivity contribution in [3.05, 3.63) is 10.4 Å². The van der Waals surface area contributed by atoms with E-state index in [0.29, 0.717) is 18.1 Å². The first-order valence-electron chi connectivity index (χ1n) is 8.22. The van der Waals surface area contributed by atoms with E-state index in [9.17, 15) is 0 Å². The number of nitrogen functional groups attached to an aromatic ring is 1. The Hall–Kier alpha value is -1.44. The summed E-state index contributed by atoms with van der Waals surface area (Å²) in [6.45, 7) is 1.99. The van der Waals surface area contributed by atoms with E-state index < -0.39 is 0 Å². The number of hydrogen-bond donors (Lipinski definition) is 2. The Kier molecular flexibility index (Phi) is 3.87. The van der Waals surface area contributed by atoms with Crippen LogP contribution in [0.2, 0.25) is 0 Å². The fourth-order valence-corrected chi connectivity index (χ4v) is 5.01. The summed E-state index contributed by atoms with van der Waals surface area (Å²) in [5.41, 5.74) is 8.39.